The molecule has 0 aliphatic heterocycles. The highest BCUT2D eigenvalue weighted by Gasteiger charge is 2.18. The van der Waals surface area contributed by atoms with Crippen molar-refractivity contribution in [2.24, 2.45) is 0 Å². The van der Waals surface area contributed by atoms with Crippen LogP contribution < -0.4 is 10.1 Å². The average Bonchev–Trinajstić information content (AvgIpc) is 2.37. The van der Waals surface area contributed by atoms with Crippen LogP contribution in [-0.4, -0.2) is 40.8 Å². The Morgan fingerprint density at radius 1 is 1.32 bits per heavy atom. The van der Waals surface area contributed by atoms with Gasteiger partial charge in [0.15, 0.2) is 12.2 Å². The monoisotopic (exact) mass is 267 g/mol. The van der Waals surface area contributed by atoms with Gasteiger partial charge < -0.3 is 20.3 Å². The Morgan fingerprint density at radius 2 is 1.89 bits per heavy atom. The molecule has 2 atom stereocenters. The van der Waals surface area contributed by atoms with E-state index in [2.05, 4.69) is 5.32 Å². The maximum absolute atomic E-state index is 11.6. The number of aliphatic hydroxyl groups is 1. The van der Waals surface area contributed by atoms with Gasteiger partial charge in [-0.3, -0.25) is 4.79 Å². The summed E-state index contributed by atoms with van der Waals surface area (Å²) < 4.78 is 5.38. The van der Waals surface area contributed by atoms with Crippen LogP contribution in [0, 0.1) is 6.92 Å². The predicted octanol–water partition coefficient (Wildman–Crippen LogP) is 0.324. The second kappa shape index (κ2) is 6.75. The standard InChI is InChI=1S/C13H17NO5/c1-8-3-5-10(6-4-8)19-9(2)12(16)14-7-11(15)13(17)18/h3-6,9,11,15H,7H2,1-2H3,(H,14,16)(H,17,18)/t9?,11-/m0/s1. The Morgan fingerprint density at radius 3 is 2.42 bits per heavy atom. The molecule has 0 saturated carbocycles. The fraction of sp³-hybridized carbons (Fsp3) is 0.385. The zero-order valence-electron chi connectivity index (χ0n) is 10.8. The topological polar surface area (TPSA) is 95.9 Å². The Kier molecular flexibility index (Phi) is 5.32. The zero-order chi connectivity index (χ0) is 14.4. The summed E-state index contributed by atoms with van der Waals surface area (Å²) in [6.45, 7) is 3.13. The number of hydrogen-bond donors (Lipinski definition) is 3. The Bertz CT molecular complexity index is 443. The number of ether oxygens (including phenoxy) is 1. The lowest BCUT2D eigenvalue weighted by Crippen LogP contribution is -2.42. The van der Waals surface area contributed by atoms with Gasteiger partial charge in [0.25, 0.3) is 5.91 Å². The van der Waals surface area contributed by atoms with E-state index in [-0.39, 0.29) is 6.54 Å². The molecule has 1 aromatic rings. The van der Waals surface area contributed by atoms with E-state index in [4.69, 9.17) is 14.9 Å². The van der Waals surface area contributed by atoms with Gasteiger partial charge in [0.1, 0.15) is 5.75 Å². The van der Waals surface area contributed by atoms with Crippen LogP contribution in [0.1, 0.15) is 12.5 Å². The molecular formula is C13H17NO5. The van der Waals surface area contributed by atoms with Crippen LogP contribution in [0.15, 0.2) is 24.3 Å². The van der Waals surface area contributed by atoms with Gasteiger partial charge in [0, 0.05) is 0 Å². The molecule has 0 radical (unpaired) electrons. The highest BCUT2D eigenvalue weighted by molar-refractivity contribution is 5.81. The van der Waals surface area contributed by atoms with Crippen LogP contribution in [0.5, 0.6) is 5.75 Å². The highest BCUT2D eigenvalue weighted by Crippen LogP contribution is 2.13. The van der Waals surface area contributed by atoms with Crippen LogP contribution in [0.4, 0.5) is 0 Å². The van der Waals surface area contributed by atoms with Crippen molar-refractivity contribution >= 4 is 11.9 Å². The van der Waals surface area contributed by atoms with Crippen LogP contribution in [0.25, 0.3) is 0 Å². The largest absolute Gasteiger partial charge is 0.481 e. The number of aliphatic carboxylic acids is 1. The zero-order valence-corrected chi connectivity index (χ0v) is 10.8. The molecule has 0 fully saturated rings. The molecule has 0 aliphatic carbocycles. The van der Waals surface area contributed by atoms with E-state index < -0.39 is 24.1 Å². The number of amides is 1. The summed E-state index contributed by atoms with van der Waals surface area (Å²) in [4.78, 5) is 22.0. The van der Waals surface area contributed by atoms with Crippen LogP contribution in [0.2, 0.25) is 0 Å². The molecule has 0 aromatic heterocycles. The lowest BCUT2D eigenvalue weighted by Gasteiger charge is -2.15. The van der Waals surface area contributed by atoms with Crippen molar-refractivity contribution in [3.8, 4) is 5.75 Å². The third kappa shape index (κ3) is 4.97. The van der Waals surface area contributed by atoms with Gasteiger partial charge in [-0.2, -0.15) is 0 Å². The first-order valence-electron chi connectivity index (χ1n) is 5.82. The summed E-state index contributed by atoms with van der Waals surface area (Å²) in [7, 11) is 0. The lowest BCUT2D eigenvalue weighted by molar-refractivity contribution is -0.146. The van der Waals surface area contributed by atoms with E-state index in [1.807, 2.05) is 19.1 Å². The van der Waals surface area contributed by atoms with Crippen molar-refractivity contribution in [1.82, 2.24) is 5.32 Å². The van der Waals surface area contributed by atoms with Crippen molar-refractivity contribution in [3.05, 3.63) is 29.8 Å². The fourth-order valence-electron chi connectivity index (χ4n) is 1.30. The van der Waals surface area contributed by atoms with Crippen LogP contribution in [-0.2, 0) is 9.59 Å². The third-order valence-electron chi connectivity index (χ3n) is 2.46. The van der Waals surface area contributed by atoms with Crippen LogP contribution >= 0.6 is 0 Å². The Labute approximate surface area is 111 Å². The molecule has 1 aromatic carbocycles. The summed E-state index contributed by atoms with van der Waals surface area (Å²) in [6.07, 6.45) is -2.39. The maximum atomic E-state index is 11.6. The minimum absolute atomic E-state index is 0.351. The van der Waals surface area contributed by atoms with Gasteiger partial charge >= 0.3 is 5.97 Å². The molecule has 0 aliphatic rings. The fourth-order valence-corrected chi connectivity index (χ4v) is 1.30. The number of carbonyl (C=O) groups is 2. The minimum atomic E-state index is -1.62. The minimum Gasteiger partial charge on any atom is -0.481 e. The molecule has 6 heteroatoms. The number of aliphatic hydroxyl groups excluding tert-OH is 1. The molecule has 6 nitrogen and oxygen atoms in total. The smallest absolute Gasteiger partial charge is 0.334 e. The number of carboxylic acids is 1. The van der Waals surface area contributed by atoms with E-state index in [0.717, 1.165) is 5.56 Å². The van der Waals surface area contributed by atoms with Gasteiger partial charge in [-0.25, -0.2) is 4.79 Å². The molecule has 0 heterocycles. The number of rotatable bonds is 6. The average molecular weight is 267 g/mol. The summed E-state index contributed by atoms with van der Waals surface area (Å²) >= 11 is 0. The van der Waals surface area contributed by atoms with E-state index in [9.17, 15) is 9.59 Å². The first-order valence-corrected chi connectivity index (χ1v) is 5.82. The third-order valence-corrected chi connectivity index (χ3v) is 2.46. The number of carboxylic acid groups (broad SMARTS) is 1. The molecule has 0 saturated heterocycles. The number of nitrogens with one attached hydrogen (secondary N) is 1. The quantitative estimate of drug-likeness (QED) is 0.690. The number of carbonyl (C=O) groups excluding carboxylic acids is 1. The summed E-state index contributed by atoms with van der Waals surface area (Å²) in [5.41, 5.74) is 1.08. The van der Waals surface area contributed by atoms with Gasteiger partial charge in [-0.1, -0.05) is 17.7 Å². The number of aryl methyl sites for hydroxylation is 1. The first kappa shape index (κ1) is 15.0. The van der Waals surface area contributed by atoms with Crippen molar-refractivity contribution < 1.29 is 24.5 Å². The Hall–Kier alpha value is -2.08. The maximum Gasteiger partial charge on any atom is 0.334 e. The molecule has 3 N–H and O–H groups in total. The Balaban J connectivity index is 2.44. The second-order valence-corrected chi connectivity index (χ2v) is 4.17. The molecule has 104 valence electrons. The normalized spacial score (nSPS) is 13.4. The van der Waals surface area contributed by atoms with Crippen molar-refractivity contribution in [2.75, 3.05) is 6.54 Å². The first-order chi connectivity index (χ1) is 8.90. The molecule has 1 unspecified atom stereocenters. The van der Waals surface area contributed by atoms with Gasteiger partial charge in [0.2, 0.25) is 0 Å². The van der Waals surface area contributed by atoms with Crippen LogP contribution in [0.3, 0.4) is 0 Å². The number of benzene rings is 1. The molecule has 0 spiro atoms. The lowest BCUT2D eigenvalue weighted by atomic mass is 10.2. The summed E-state index contributed by atoms with van der Waals surface area (Å²) in [6, 6.07) is 7.19. The highest BCUT2D eigenvalue weighted by atomic mass is 16.5. The molecule has 1 rings (SSSR count). The molecule has 1 amide bonds. The molecule has 0 bridgehead atoms. The van der Waals surface area contributed by atoms with Crippen molar-refractivity contribution in [1.29, 1.82) is 0 Å². The van der Waals surface area contributed by atoms with Gasteiger partial charge in [0.05, 0.1) is 6.54 Å². The van der Waals surface area contributed by atoms with Gasteiger partial charge in [-0.05, 0) is 26.0 Å². The number of hydrogen-bond acceptors (Lipinski definition) is 4. The van der Waals surface area contributed by atoms with E-state index >= 15 is 0 Å². The summed E-state index contributed by atoms with van der Waals surface area (Å²) in [5, 5.41) is 19.8. The van der Waals surface area contributed by atoms with Gasteiger partial charge in [-0.15, -0.1) is 0 Å². The van der Waals surface area contributed by atoms with Crippen molar-refractivity contribution in [2.45, 2.75) is 26.1 Å². The van der Waals surface area contributed by atoms with E-state index in [0.29, 0.717) is 5.75 Å². The van der Waals surface area contributed by atoms with E-state index in [1.54, 1.807) is 19.1 Å². The van der Waals surface area contributed by atoms with Crippen molar-refractivity contribution in [3.63, 3.8) is 0 Å². The summed E-state index contributed by atoms with van der Waals surface area (Å²) in [5.74, 6) is -1.32. The predicted molar refractivity (Wildman–Crippen MR) is 67.9 cm³/mol. The molecular weight excluding hydrogens is 250 g/mol. The SMILES string of the molecule is Cc1ccc(OC(C)C(=O)NC[C@H](O)C(=O)O)cc1. The second-order valence-electron chi connectivity index (χ2n) is 4.17. The molecule has 19 heavy (non-hydrogen) atoms. The van der Waals surface area contributed by atoms with E-state index in [1.165, 1.54) is 0 Å².